The van der Waals surface area contributed by atoms with Crippen molar-refractivity contribution in [2.45, 2.75) is 31.7 Å². The highest BCUT2D eigenvalue weighted by molar-refractivity contribution is 6.29. The first kappa shape index (κ1) is 13.8. The number of piperazine rings is 1. The zero-order valence-electron chi connectivity index (χ0n) is 11.6. The Hall–Kier alpha value is -1.13. The van der Waals surface area contributed by atoms with Gasteiger partial charge in [0.25, 0.3) is 5.91 Å². The van der Waals surface area contributed by atoms with Crippen molar-refractivity contribution in [2.75, 3.05) is 26.2 Å². The van der Waals surface area contributed by atoms with Gasteiger partial charge in [0.2, 0.25) is 0 Å². The smallest absolute Gasteiger partial charge is 0.254 e. The third kappa shape index (κ3) is 2.96. The topological polar surface area (TPSA) is 36.4 Å². The lowest BCUT2D eigenvalue weighted by Gasteiger charge is -2.38. The van der Waals surface area contributed by atoms with Gasteiger partial charge in [0.15, 0.2) is 0 Å². The summed E-state index contributed by atoms with van der Waals surface area (Å²) in [5, 5.41) is 0.375. The minimum Gasteiger partial charge on any atom is -0.336 e. The van der Waals surface area contributed by atoms with Gasteiger partial charge in [-0.15, -0.1) is 0 Å². The fourth-order valence-electron chi connectivity index (χ4n) is 3.28. The Labute approximate surface area is 124 Å². The van der Waals surface area contributed by atoms with E-state index in [4.69, 9.17) is 11.6 Å². The van der Waals surface area contributed by atoms with Gasteiger partial charge >= 0.3 is 0 Å². The maximum Gasteiger partial charge on any atom is 0.254 e. The normalized spacial score (nSPS) is 21.4. The van der Waals surface area contributed by atoms with E-state index >= 15 is 0 Å². The molecule has 0 atom stereocenters. The van der Waals surface area contributed by atoms with E-state index in [1.165, 1.54) is 25.7 Å². The van der Waals surface area contributed by atoms with E-state index in [0.717, 1.165) is 32.2 Å². The minimum atomic E-state index is 0.0698. The molecule has 108 valence electrons. The number of carbonyl (C=O) groups is 1. The number of hydrogen-bond donors (Lipinski definition) is 0. The van der Waals surface area contributed by atoms with E-state index in [9.17, 15) is 4.79 Å². The maximum atomic E-state index is 12.4. The number of carbonyl (C=O) groups excluding carboxylic acids is 1. The zero-order chi connectivity index (χ0) is 13.9. The summed E-state index contributed by atoms with van der Waals surface area (Å²) in [6.07, 6.45) is 6.96. The molecule has 4 nitrogen and oxygen atoms in total. The number of pyridine rings is 1. The van der Waals surface area contributed by atoms with Crippen LogP contribution in [0.1, 0.15) is 36.0 Å². The first-order valence-electron chi connectivity index (χ1n) is 7.39. The molecule has 3 rings (SSSR count). The molecule has 0 radical (unpaired) electrons. The second-order valence-electron chi connectivity index (χ2n) is 5.63. The maximum absolute atomic E-state index is 12.4. The van der Waals surface area contributed by atoms with E-state index in [1.807, 2.05) is 4.90 Å². The van der Waals surface area contributed by atoms with Gasteiger partial charge in [-0.2, -0.15) is 0 Å². The Bertz CT molecular complexity index is 480. The van der Waals surface area contributed by atoms with Crippen LogP contribution in [0, 0.1) is 0 Å². The minimum absolute atomic E-state index is 0.0698. The summed E-state index contributed by atoms with van der Waals surface area (Å²) in [6.45, 7) is 3.62. The second-order valence-corrected chi connectivity index (χ2v) is 6.02. The van der Waals surface area contributed by atoms with Crippen molar-refractivity contribution in [3.63, 3.8) is 0 Å². The Balaban J connectivity index is 1.58. The number of rotatable bonds is 2. The van der Waals surface area contributed by atoms with E-state index in [2.05, 4.69) is 9.88 Å². The SMILES string of the molecule is O=C(c1ccnc(Cl)c1)N1CCN(C2CCCC2)CC1. The fraction of sp³-hybridized carbons (Fsp3) is 0.600. The third-order valence-electron chi connectivity index (χ3n) is 4.42. The molecule has 0 spiro atoms. The van der Waals surface area contributed by atoms with Crippen molar-refractivity contribution in [1.29, 1.82) is 0 Å². The van der Waals surface area contributed by atoms with Crippen LogP contribution in [0.2, 0.25) is 5.15 Å². The molecular formula is C15H20ClN3O. The van der Waals surface area contributed by atoms with Crippen molar-refractivity contribution in [3.8, 4) is 0 Å². The predicted octanol–water partition coefficient (Wildman–Crippen LogP) is 2.44. The largest absolute Gasteiger partial charge is 0.336 e. The summed E-state index contributed by atoms with van der Waals surface area (Å²) in [5.74, 6) is 0.0698. The highest BCUT2D eigenvalue weighted by Gasteiger charge is 2.28. The monoisotopic (exact) mass is 293 g/mol. The third-order valence-corrected chi connectivity index (χ3v) is 4.62. The molecule has 1 amide bonds. The van der Waals surface area contributed by atoms with Gasteiger partial charge in [0.05, 0.1) is 0 Å². The van der Waals surface area contributed by atoms with Crippen molar-refractivity contribution >= 4 is 17.5 Å². The number of halogens is 1. The molecule has 5 heteroatoms. The lowest BCUT2D eigenvalue weighted by Crippen LogP contribution is -2.51. The van der Waals surface area contributed by atoms with Gasteiger partial charge in [-0.3, -0.25) is 9.69 Å². The molecule has 1 aromatic heterocycles. The van der Waals surface area contributed by atoms with Gasteiger partial charge in [0, 0.05) is 44.0 Å². The van der Waals surface area contributed by atoms with Gasteiger partial charge in [-0.25, -0.2) is 4.98 Å². The van der Waals surface area contributed by atoms with Crippen LogP contribution < -0.4 is 0 Å². The predicted molar refractivity (Wildman–Crippen MR) is 79.0 cm³/mol. The molecule has 1 saturated heterocycles. The van der Waals surface area contributed by atoms with Crippen molar-refractivity contribution in [1.82, 2.24) is 14.8 Å². The molecule has 1 aliphatic carbocycles. The summed E-state index contributed by atoms with van der Waals surface area (Å²) < 4.78 is 0. The molecule has 0 bridgehead atoms. The highest BCUT2D eigenvalue weighted by atomic mass is 35.5. The van der Waals surface area contributed by atoms with Crippen LogP contribution in [0.25, 0.3) is 0 Å². The van der Waals surface area contributed by atoms with Crippen LogP contribution in [0.3, 0.4) is 0 Å². The van der Waals surface area contributed by atoms with Crippen molar-refractivity contribution < 1.29 is 4.79 Å². The summed E-state index contributed by atoms with van der Waals surface area (Å²) in [6, 6.07) is 4.13. The first-order valence-corrected chi connectivity index (χ1v) is 7.77. The standard InChI is InChI=1S/C15H20ClN3O/c16-14-11-12(5-6-17-14)15(20)19-9-7-18(8-10-19)13-3-1-2-4-13/h5-6,11,13H,1-4,7-10H2. The first-order chi connectivity index (χ1) is 9.74. The Morgan fingerprint density at radius 1 is 1.20 bits per heavy atom. The number of aromatic nitrogens is 1. The van der Waals surface area contributed by atoms with Crippen molar-refractivity contribution in [2.24, 2.45) is 0 Å². The van der Waals surface area contributed by atoms with Crippen LogP contribution in [0.5, 0.6) is 0 Å². The molecule has 0 unspecified atom stereocenters. The quantitative estimate of drug-likeness (QED) is 0.786. The van der Waals surface area contributed by atoms with Crippen LogP contribution >= 0.6 is 11.6 Å². The van der Waals surface area contributed by atoms with E-state index < -0.39 is 0 Å². The van der Waals surface area contributed by atoms with Crippen LogP contribution in [0.15, 0.2) is 18.3 Å². The molecule has 1 saturated carbocycles. The van der Waals surface area contributed by atoms with Gasteiger partial charge in [0.1, 0.15) is 5.15 Å². The lowest BCUT2D eigenvalue weighted by atomic mass is 10.1. The summed E-state index contributed by atoms with van der Waals surface area (Å²) in [7, 11) is 0. The molecule has 2 aliphatic rings. The molecule has 20 heavy (non-hydrogen) atoms. The van der Waals surface area contributed by atoms with Gasteiger partial charge < -0.3 is 4.90 Å². The van der Waals surface area contributed by atoms with E-state index in [1.54, 1.807) is 18.3 Å². The average Bonchev–Trinajstić information content (AvgIpc) is 3.01. The Kier molecular flexibility index (Phi) is 4.22. The van der Waals surface area contributed by atoms with Crippen LogP contribution in [0.4, 0.5) is 0 Å². The molecule has 2 fully saturated rings. The molecule has 1 aromatic rings. The van der Waals surface area contributed by atoms with Gasteiger partial charge in [-0.1, -0.05) is 24.4 Å². The number of amides is 1. The van der Waals surface area contributed by atoms with E-state index in [-0.39, 0.29) is 5.91 Å². The number of hydrogen-bond acceptors (Lipinski definition) is 3. The summed E-state index contributed by atoms with van der Waals surface area (Å²) in [4.78, 5) is 20.8. The molecule has 0 aromatic carbocycles. The Morgan fingerprint density at radius 3 is 2.55 bits per heavy atom. The van der Waals surface area contributed by atoms with Gasteiger partial charge in [-0.05, 0) is 25.0 Å². The fourth-order valence-corrected chi connectivity index (χ4v) is 3.45. The number of nitrogens with zero attached hydrogens (tertiary/aromatic N) is 3. The molecular weight excluding hydrogens is 274 g/mol. The van der Waals surface area contributed by atoms with E-state index in [0.29, 0.717) is 10.7 Å². The Morgan fingerprint density at radius 2 is 1.90 bits per heavy atom. The second kappa shape index (κ2) is 6.10. The molecule has 0 N–H and O–H groups in total. The summed E-state index contributed by atoms with van der Waals surface area (Å²) in [5.41, 5.74) is 0.638. The zero-order valence-corrected chi connectivity index (χ0v) is 12.4. The van der Waals surface area contributed by atoms with Crippen LogP contribution in [-0.4, -0.2) is 52.9 Å². The lowest BCUT2D eigenvalue weighted by molar-refractivity contribution is 0.0573. The average molecular weight is 294 g/mol. The molecule has 2 heterocycles. The van der Waals surface area contributed by atoms with Crippen molar-refractivity contribution in [3.05, 3.63) is 29.0 Å². The molecule has 1 aliphatic heterocycles. The summed E-state index contributed by atoms with van der Waals surface area (Å²) >= 11 is 5.85. The van der Waals surface area contributed by atoms with Crippen LogP contribution in [-0.2, 0) is 0 Å². The highest BCUT2D eigenvalue weighted by Crippen LogP contribution is 2.24.